The third kappa shape index (κ3) is 5.01. The maximum Gasteiger partial charge on any atom is 0.254 e. The molecule has 0 aliphatic heterocycles. The average molecular weight is 327 g/mol. The molecule has 0 saturated heterocycles. The molecule has 0 atom stereocenters. The average Bonchev–Trinajstić information content (AvgIpc) is 2.63. The Hall–Kier alpha value is -2.50. The number of hydrogen-bond acceptors (Lipinski definition) is 4. The third-order valence-corrected chi connectivity index (χ3v) is 3.65. The summed E-state index contributed by atoms with van der Waals surface area (Å²) in [5, 5.41) is 18.0. The first kappa shape index (κ1) is 17.8. The van der Waals surface area contributed by atoms with Crippen LogP contribution in [-0.2, 0) is 17.8 Å². The molecule has 1 amide bonds. The first-order valence-corrected chi connectivity index (χ1v) is 7.79. The molecular weight excluding hydrogens is 306 g/mol. The molecule has 2 aromatic carbocycles. The van der Waals surface area contributed by atoms with E-state index in [0.29, 0.717) is 12.1 Å². The highest BCUT2D eigenvalue weighted by Gasteiger charge is 2.15. The second-order valence-electron chi connectivity index (χ2n) is 5.51. The van der Waals surface area contributed by atoms with E-state index in [4.69, 9.17) is 5.11 Å². The van der Waals surface area contributed by atoms with Crippen LogP contribution in [0.4, 0.5) is 0 Å². The molecule has 2 N–H and O–H groups in total. The monoisotopic (exact) mass is 327 g/mol. The van der Waals surface area contributed by atoms with E-state index in [9.17, 15) is 14.7 Å². The molecule has 0 spiro atoms. The molecule has 2 aromatic rings. The van der Waals surface area contributed by atoms with Crippen molar-refractivity contribution in [1.29, 1.82) is 0 Å². The maximum absolute atomic E-state index is 12.5. The molecule has 24 heavy (non-hydrogen) atoms. The van der Waals surface area contributed by atoms with Crippen LogP contribution in [0.3, 0.4) is 0 Å². The standard InChI is InChI=1S/C19H21NO4/c21-11-10-20(19(24)17-4-2-1-3-5-17)13-16-8-6-15(7-9-16)12-18(23)14-22/h1-9,21-22H,10-14H2. The molecule has 0 radical (unpaired) electrons. The zero-order valence-electron chi connectivity index (χ0n) is 13.4. The molecule has 0 aliphatic rings. The first-order valence-electron chi connectivity index (χ1n) is 7.79. The van der Waals surface area contributed by atoms with Crippen molar-refractivity contribution in [2.75, 3.05) is 19.8 Å². The number of amides is 1. The zero-order chi connectivity index (χ0) is 17.4. The topological polar surface area (TPSA) is 77.8 Å². The highest BCUT2D eigenvalue weighted by molar-refractivity contribution is 5.94. The van der Waals surface area contributed by atoms with Crippen molar-refractivity contribution in [3.63, 3.8) is 0 Å². The van der Waals surface area contributed by atoms with Crippen LogP contribution in [0.25, 0.3) is 0 Å². The third-order valence-electron chi connectivity index (χ3n) is 3.65. The second kappa shape index (κ2) is 8.96. The smallest absolute Gasteiger partial charge is 0.254 e. The van der Waals surface area contributed by atoms with Crippen molar-refractivity contribution < 1.29 is 19.8 Å². The SMILES string of the molecule is O=C(CO)Cc1ccc(CN(CCO)C(=O)c2ccccc2)cc1. The Morgan fingerprint density at radius 2 is 1.50 bits per heavy atom. The van der Waals surface area contributed by atoms with Gasteiger partial charge in [0.2, 0.25) is 0 Å². The number of Topliss-reactive ketones (excluding diaryl/α,β-unsaturated/α-hetero) is 1. The quantitative estimate of drug-likeness (QED) is 0.769. The number of aliphatic hydroxyl groups is 2. The minimum absolute atomic E-state index is 0.109. The van der Waals surface area contributed by atoms with E-state index < -0.39 is 6.61 Å². The number of rotatable bonds is 8. The van der Waals surface area contributed by atoms with E-state index in [1.165, 1.54) is 0 Å². The molecule has 0 aliphatic carbocycles. The van der Waals surface area contributed by atoms with Crippen LogP contribution >= 0.6 is 0 Å². The fourth-order valence-electron chi connectivity index (χ4n) is 2.40. The molecule has 0 heterocycles. The van der Waals surface area contributed by atoms with Crippen molar-refractivity contribution in [1.82, 2.24) is 4.90 Å². The lowest BCUT2D eigenvalue weighted by atomic mass is 10.1. The number of ketones is 1. The van der Waals surface area contributed by atoms with Gasteiger partial charge in [0.25, 0.3) is 5.91 Å². The summed E-state index contributed by atoms with van der Waals surface area (Å²) in [6, 6.07) is 16.3. The van der Waals surface area contributed by atoms with Crippen LogP contribution in [0.1, 0.15) is 21.5 Å². The van der Waals surface area contributed by atoms with Crippen LogP contribution in [-0.4, -0.2) is 46.6 Å². The van der Waals surface area contributed by atoms with Gasteiger partial charge in [-0.2, -0.15) is 0 Å². The van der Waals surface area contributed by atoms with Gasteiger partial charge in [-0.1, -0.05) is 42.5 Å². The van der Waals surface area contributed by atoms with Crippen molar-refractivity contribution in [3.8, 4) is 0 Å². The molecule has 126 valence electrons. The molecule has 5 nitrogen and oxygen atoms in total. The van der Waals surface area contributed by atoms with Crippen molar-refractivity contribution in [2.45, 2.75) is 13.0 Å². The van der Waals surface area contributed by atoms with Gasteiger partial charge in [-0.25, -0.2) is 0 Å². The lowest BCUT2D eigenvalue weighted by molar-refractivity contribution is -0.121. The summed E-state index contributed by atoms with van der Waals surface area (Å²) in [5.74, 6) is -0.368. The predicted octanol–water partition coefficient (Wildman–Crippen LogP) is 1.43. The normalized spacial score (nSPS) is 10.4. The Morgan fingerprint density at radius 1 is 0.875 bits per heavy atom. The van der Waals surface area contributed by atoms with Crippen molar-refractivity contribution in [3.05, 3.63) is 71.3 Å². The van der Waals surface area contributed by atoms with E-state index in [1.807, 2.05) is 30.3 Å². The number of nitrogens with zero attached hydrogens (tertiary/aromatic N) is 1. The molecule has 2 rings (SSSR count). The minimum Gasteiger partial charge on any atom is -0.395 e. The summed E-state index contributed by atoms with van der Waals surface area (Å²) < 4.78 is 0. The number of hydrogen-bond donors (Lipinski definition) is 2. The number of aliphatic hydroxyl groups excluding tert-OH is 2. The number of benzene rings is 2. The Labute approximate surface area is 141 Å². The van der Waals surface area contributed by atoms with Gasteiger partial charge < -0.3 is 15.1 Å². The van der Waals surface area contributed by atoms with Gasteiger partial charge in [0.05, 0.1) is 6.61 Å². The molecule has 0 aromatic heterocycles. The highest BCUT2D eigenvalue weighted by atomic mass is 16.3. The van der Waals surface area contributed by atoms with Crippen LogP contribution in [0.15, 0.2) is 54.6 Å². The van der Waals surface area contributed by atoms with Crippen molar-refractivity contribution in [2.24, 2.45) is 0 Å². The number of carbonyl (C=O) groups is 2. The highest BCUT2D eigenvalue weighted by Crippen LogP contribution is 2.12. The lowest BCUT2D eigenvalue weighted by Gasteiger charge is -2.22. The van der Waals surface area contributed by atoms with E-state index >= 15 is 0 Å². The first-order chi connectivity index (χ1) is 11.6. The molecular formula is C19H21NO4. The largest absolute Gasteiger partial charge is 0.395 e. The van der Waals surface area contributed by atoms with Gasteiger partial charge in [-0.05, 0) is 23.3 Å². The predicted molar refractivity (Wildman–Crippen MR) is 90.5 cm³/mol. The Morgan fingerprint density at radius 3 is 2.08 bits per heavy atom. The molecule has 5 heteroatoms. The van der Waals surface area contributed by atoms with E-state index in [1.54, 1.807) is 29.2 Å². The van der Waals surface area contributed by atoms with Gasteiger partial charge in [-0.15, -0.1) is 0 Å². The van der Waals surface area contributed by atoms with Gasteiger partial charge in [0, 0.05) is 25.1 Å². The Balaban J connectivity index is 2.07. The van der Waals surface area contributed by atoms with Gasteiger partial charge in [0.1, 0.15) is 6.61 Å². The molecule has 0 fully saturated rings. The summed E-state index contributed by atoms with van der Waals surface area (Å²) in [5.41, 5.74) is 2.31. The summed E-state index contributed by atoms with van der Waals surface area (Å²) in [4.78, 5) is 25.4. The van der Waals surface area contributed by atoms with E-state index in [0.717, 1.165) is 11.1 Å². The van der Waals surface area contributed by atoms with Gasteiger partial charge in [0.15, 0.2) is 5.78 Å². The van der Waals surface area contributed by atoms with Crippen LogP contribution < -0.4 is 0 Å². The van der Waals surface area contributed by atoms with Crippen molar-refractivity contribution >= 4 is 11.7 Å². The summed E-state index contributed by atoms with van der Waals surface area (Å²) in [6.07, 6.45) is 0.195. The summed E-state index contributed by atoms with van der Waals surface area (Å²) in [6.45, 7) is 0.0558. The lowest BCUT2D eigenvalue weighted by Crippen LogP contribution is -2.33. The Kier molecular flexibility index (Phi) is 6.66. The minimum atomic E-state index is -0.461. The van der Waals surface area contributed by atoms with Crippen LogP contribution in [0, 0.1) is 0 Å². The van der Waals surface area contributed by atoms with Gasteiger partial charge in [-0.3, -0.25) is 9.59 Å². The molecule has 0 unspecified atom stereocenters. The molecule has 0 bridgehead atoms. The summed E-state index contributed by atoms with van der Waals surface area (Å²) >= 11 is 0. The molecule has 0 saturated carbocycles. The number of carbonyl (C=O) groups excluding carboxylic acids is 2. The van der Waals surface area contributed by atoms with Gasteiger partial charge >= 0.3 is 0 Å². The van der Waals surface area contributed by atoms with E-state index in [2.05, 4.69) is 0 Å². The fraction of sp³-hybridized carbons (Fsp3) is 0.263. The van der Waals surface area contributed by atoms with E-state index in [-0.39, 0.29) is 31.3 Å². The second-order valence-corrected chi connectivity index (χ2v) is 5.51. The van der Waals surface area contributed by atoms with Crippen LogP contribution in [0.2, 0.25) is 0 Å². The van der Waals surface area contributed by atoms with Crippen LogP contribution in [0.5, 0.6) is 0 Å². The summed E-state index contributed by atoms with van der Waals surface area (Å²) in [7, 11) is 0. The Bertz CT molecular complexity index is 668. The fourth-order valence-corrected chi connectivity index (χ4v) is 2.40. The maximum atomic E-state index is 12.5. The zero-order valence-corrected chi connectivity index (χ0v) is 13.4.